The normalized spacial score (nSPS) is 16.4. The zero-order valence-electron chi connectivity index (χ0n) is 9.96. The third kappa shape index (κ3) is 2.54. The molecule has 0 aromatic carbocycles. The molecule has 2 aromatic heterocycles. The zero-order valence-corrected chi connectivity index (χ0v) is 10.8. The molecular formula is C12H15N3O2S. The third-order valence-electron chi connectivity index (χ3n) is 3.13. The summed E-state index contributed by atoms with van der Waals surface area (Å²) in [6.07, 6.45) is 8.74. The predicted molar refractivity (Wildman–Crippen MR) is 68.3 cm³/mol. The number of imidazole rings is 1. The van der Waals surface area contributed by atoms with Crippen LogP contribution < -0.4 is 5.48 Å². The molecule has 0 unspecified atom stereocenters. The predicted octanol–water partition coefficient (Wildman–Crippen LogP) is 1.93. The van der Waals surface area contributed by atoms with Crippen LogP contribution in [0.2, 0.25) is 0 Å². The maximum Gasteiger partial charge on any atom is 0.249 e. The van der Waals surface area contributed by atoms with E-state index in [1.165, 1.54) is 12.8 Å². The molecule has 3 rings (SSSR count). The van der Waals surface area contributed by atoms with Crippen LogP contribution in [0, 0.1) is 0 Å². The number of fused-ring (bicyclic) bond motifs is 1. The van der Waals surface area contributed by atoms with Crippen molar-refractivity contribution in [3.63, 3.8) is 0 Å². The van der Waals surface area contributed by atoms with Gasteiger partial charge in [-0.1, -0.05) is 12.8 Å². The minimum Gasteiger partial charge on any atom is -0.297 e. The molecule has 0 bridgehead atoms. The van der Waals surface area contributed by atoms with Gasteiger partial charge in [-0.15, -0.1) is 11.3 Å². The van der Waals surface area contributed by atoms with E-state index in [-0.39, 0.29) is 18.4 Å². The summed E-state index contributed by atoms with van der Waals surface area (Å²) in [4.78, 5) is 22.3. The number of carbonyl (C=O) groups is 1. The highest BCUT2D eigenvalue weighted by molar-refractivity contribution is 7.15. The van der Waals surface area contributed by atoms with E-state index in [0.29, 0.717) is 0 Å². The van der Waals surface area contributed by atoms with E-state index in [9.17, 15) is 4.79 Å². The molecule has 96 valence electrons. The minimum atomic E-state index is -0.132. The number of nitrogens with one attached hydrogen (secondary N) is 1. The Bertz CT molecular complexity index is 514. The van der Waals surface area contributed by atoms with Gasteiger partial charge in [0.15, 0.2) is 4.96 Å². The molecule has 0 aliphatic heterocycles. The summed E-state index contributed by atoms with van der Waals surface area (Å²) in [5.74, 6) is -0.132. The number of carbonyl (C=O) groups excluding carboxylic acids is 1. The van der Waals surface area contributed by atoms with Gasteiger partial charge in [-0.05, 0) is 12.8 Å². The van der Waals surface area contributed by atoms with E-state index >= 15 is 0 Å². The molecule has 1 aliphatic carbocycles. The van der Waals surface area contributed by atoms with Gasteiger partial charge in [0.2, 0.25) is 5.91 Å². The molecule has 5 nitrogen and oxygen atoms in total. The summed E-state index contributed by atoms with van der Waals surface area (Å²) < 4.78 is 1.92. The molecular weight excluding hydrogens is 250 g/mol. The lowest BCUT2D eigenvalue weighted by atomic mass is 10.3. The number of hydroxylamine groups is 1. The number of thiazole rings is 1. The van der Waals surface area contributed by atoms with Crippen LogP contribution in [0.1, 0.15) is 31.4 Å². The lowest BCUT2D eigenvalue weighted by Crippen LogP contribution is -2.29. The molecule has 6 heteroatoms. The summed E-state index contributed by atoms with van der Waals surface area (Å²) in [7, 11) is 0. The summed E-state index contributed by atoms with van der Waals surface area (Å²) in [5.41, 5.74) is 3.30. The lowest BCUT2D eigenvalue weighted by molar-refractivity contribution is -0.137. The van der Waals surface area contributed by atoms with Crippen molar-refractivity contribution in [2.45, 2.75) is 38.2 Å². The van der Waals surface area contributed by atoms with Crippen molar-refractivity contribution in [1.82, 2.24) is 14.9 Å². The Labute approximate surface area is 109 Å². The van der Waals surface area contributed by atoms with E-state index in [1.807, 2.05) is 22.2 Å². The first-order chi connectivity index (χ1) is 8.81. The Morgan fingerprint density at radius 2 is 2.39 bits per heavy atom. The Morgan fingerprint density at radius 3 is 3.17 bits per heavy atom. The van der Waals surface area contributed by atoms with E-state index < -0.39 is 0 Å². The van der Waals surface area contributed by atoms with Crippen LogP contribution in [0.25, 0.3) is 4.96 Å². The fourth-order valence-corrected chi connectivity index (χ4v) is 2.94. The fraction of sp³-hybridized carbons (Fsp3) is 0.500. The number of hydrogen-bond acceptors (Lipinski definition) is 4. The first-order valence-corrected chi connectivity index (χ1v) is 7.05. The van der Waals surface area contributed by atoms with Crippen molar-refractivity contribution in [3.8, 4) is 0 Å². The van der Waals surface area contributed by atoms with Gasteiger partial charge in [0.25, 0.3) is 0 Å². The molecule has 0 atom stereocenters. The first-order valence-electron chi connectivity index (χ1n) is 6.17. The maximum atomic E-state index is 11.7. The molecule has 1 fully saturated rings. The Balaban J connectivity index is 1.52. The average Bonchev–Trinajstić information content (AvgIpc) is 3.01. The second kappa shape index (κ2) is 5.07. The van der Waals surface area contributed by atoms with E-state index in [2.05, 4.69) is 10.5 Å². The van der Waals surface area contributed by atoms with Crippen LogP contribution in [0.3, 0.4) is 0 Å². The Morgan fingerprint density at radius 1 is 1.56 bits per heavy atom. The minimum absolute atomic E-state index is 0.132. The molecule has 1 saturated carbocycles. The molecule has 1 N–H and O–H groups in total. The first kappa shape index (κ1) is 11.7. The zero-order chi connectivity index (χ0) is 12.4. The summed E-state index contributed by atoms with van der Waals surface area (Å²) in [6, 6.07) is 0. The van der Waals surface area contributed by atoms with Crippen LogP contribution in [0.4, 0.5) is 0 Å². The summed E-state index contributed by atoms with van der Waals surface area (Å²) in [5, 5.41) is 1.97. The van der Waals surface area contributed by atoms with Crippen molar-refractivity contribution in [1.29, 1.82) is 0 Å². The molecule has 1 amide bonds. The van der Waals surface area contributed by atoms with Crippen LogP contribution in [0.15, 0.2) is 17.8 Å². The molecule has 1 aliphatic rings. The third-order valence-corrected chi connectivity index (χ3v) is 3.90. The smallest absolute Gasteiger partial charge is 0.249 e. The largest absolute Gasteiger partial charge is 0.297 e. The Hall–Kier alpha value is -1.40. The van der Waals surface area contributed by atoms with Crippen molar-refractivity contribution in [2.75, 3.05) is 0 Å². The highest BCUT2D eigenvalue weighted by Crippen LogP contribution is 2.19. The molecule has 0 spiro atoms. The quantitative estimate of drug-likeness (QED) is 0.859. The monoisotopic (exact) mass is 265 g/mol. The van der Waals surface area contributed by atoms with Gasteiger partial charge in [0.05, 0.1) is 18.2 Å². The molecule has 0 radical (unpaired) electrons. The fourth-order valence-electron chi connectivity index (χ4n) is 2.22. The molecule has 0 saturated heterocycles. The number of amides is 1. The second-order valence-electron chi connectivity index (χ2n) is 4.55. The number of nitrogens with zero attached hydrogens (tertiary/aromatic N) is 2. The highest BCUT2D eigenvalue weighted by Gasteiger charge is 2.17. The van der Waals surface area contributed by atoms with Crippen molar-refractivity contribution < 1.29 is 9.63 Å². The SMILES string of the molecule is O=C(Cc1cn2ccsc2n1)NOC1CCCC1. The summed E-state index contributed by atoms with van der Waals surface area (Å²) in [6.45, 7) is 0. The van der Waals surface area contributed by atoms with Gasteiger partial charge in [-0.25, -0.2) is 10.5 Å². The van der Waals surface area contributed by atoms with E-state index in [0.717, 1.165) is 23.5 Å². The van der Waals surface area contributed by atoms with Gasteiger partial charge >= 0.3 is 0 Å². The Kier molecular flexibility index (Phi) is 3.29. The summed E-state index contributed by atoms with van der Waals surface area (Å²) >= 11 is 1.56. The van der Waals surface area contributed by atoms with Gasteiger partial charge in [0, 0.05) is 17.8 Å². The van der Waals surface area contributed by atoms with Gasteiger partial charge in [0.1, 0.15) is 0 Å². The van der Waals surface area contributed by atoms with Gasteiger partial charge < -0.3 is 0 Å². The standard InChI is InChI=1S/C12H15N3O2S/c16-11(14-17-10-3-1-2-4-10)7-9-8-15-5-6-18-12(15)13-9/h5-6,8,10H,1-4,7H2,(H,14,16). The number of aromatic nitrogens is 2. The van der Waals surface area contributed by atoms with Crippen LogP contribution >= 0.6 is 11.3 Å². The number of rotatable bonds is 4. The number of hydrogen-bond donors (Lipinski definition) is 1. The molecule has 18 heavy (non-hydrogen) atoms. The average molecular weight is 265 g/mol. The van der Waals surface area contributed by atoms with Crippen LogP contribution in [-0.2, 0) is 16.1 Å². The van der Waals surface area contributed by atoms with Crippen LogP contribution in [-0.4, -0.2) is 21.4 Å². The topological polar surface area (TPSA) is 55.6 Å². The van der Waals surface area contributed by atoms with Gasteiger partial charge in [-0.2, -0.15) is 0 Å². The maximum absolute atomic E-state index is 11.7. The van der Waals surface area contributed by atoms with Crippen molar-refractivity contribution in [3.05, 3.63) is 23.5 Å². The van der Waals surface area contributed by atoms with Gasteiger partial charge in [-0.3, -0.25) is 14.0 Å². The van der Waals surface area contributed by atoms with Crippen molar-refractivity contribution in [2.24, 2.45) is 0 Å². The van der Waals surface area contributed by atoms with E-state index in [4.69, 9.17) is 4.84 Å². The lowest BCUT2D eigenvalue weighted by Gasteiger charge is -2.10. The highest BCUT2D eigenvalue weighted by atomic mass is 32.1. The molecule has 2 heterocycles. The van der Waals surface area contributed by atoms with E-state index in [1.54, 1.807) is 11.3 Å². The molecule has 2 aromatic rings. The van der Waals surface area contributed by atoms with Crippen molar-refractivity contribution >= 4 is 22.2 Å². The van der Waals surface area contributed by atoms with Crippen LogP contribution in [0.5, 0.6) is 0 Å². The second-order valence-corrected chi connectivity index (χ2v) is 5.42.